The van der Waals surface area contributed by atoms with Gasteiger partial charge in [0.15, 0.2) is 5.96 Å². The monoisotopic (exact) mass is 288 g/mol. The highest BCUT2D eigenvalue weighted by Crippen LogP contribution is 1.99. The molecule has 0 aromatic heterocycles. The number of nitrogens with zero attached hydrogens (tertiary/aromatic N) is 2. The molecule has 0 bridgehead atoms. The van der Waals surface area contributed by atoms with Gasteiger partial charge in [-0.05, 0) is 12.5 Å². The maximum Gasteiger partial charge on any atom is 0.241 e. The van der Waals surface area contributed by atoms with Gasteiger partial charge in [-0.25, -0.2) is 4.99 Å². The fraction of sp³-hybridized carbons (Fsp3) is 0.375. The van der Waals surface area contributed by atoms with Crippen LogP contribution in [0.25, 0.3) is 0 Å². The Morgan fingerprint density at radius 2 is 1.81 bits per heavy atom. The molecule has 1 amide bonds. The fourth-order valence-electron chi connectivity index (χ4n) is 1.48. The SMILES string of the molecule is C=C(C)CNC(=NCc1ccccc1)NCC(=O)N(C)C. The molecule has 1 rings (SSSR count). The summed E-state index contributed by atoms with van der Waals surface area (Å²) in [7, 11) is 3.46. The minimum absolute atomic E-state index is 0.000430. The van der Waals surface area contributed by atoms with E-state index in [1.54, 1.807) is 19.0 Å². The van der Waals surface area contributed by atoms with Crippen molar-refractivity contribution in [2.45, 2.75) is 13.5 Å². The van der Waals surface area contributed by atoms with E-state index in [1.165, 1.54) is 0 Å². The highest BCUT2D eigenvalue weighted by atomic mass is 16.2. The van der Waals surface area contributed by atoms with Crippen LogP contribution in [0.2, 0.25) is 0 Å². The molecule has 2 N–H and O–H groups in total. The zero-order valence-electron chi connectivity index (χ0n) is 13.0. The predicted molar refractivity (Wildman–Crippen MR) is 87.1 cm³/mol. The van der Waals surface area contributed by atoms with E-state index in [-0.39, 0.29) is 12.5 Å². The topological polar surface area (TPSA) is 56.7 Å². The van der Waals surface area contributed by atoms with Gasteiger partial charge in [-0.3, -0.25) is 4.79 Å². The summed E-state index contributed by atoms with van der Waals surface area (Å²) in [6.45, 7) is 7.18. The van der Waals surface area contributed by atoms with Crippen molar-refractivity contribution in [2.75, 3.05) is 27.2 Å². The van der Waals surface area contributed by atoms with E-state index in [2.05, 4.69) is 22.2 Å². The van der Waals surface area contributed by atoms with Crippen molar-refractivity contribution in [1.82, 2.24) is 15.5 Å². The summed E-state index contributed by atoms with van der Waals surface area (Å²) in [6.07, 6.45) is 0. The van der Waals surface area contributed by atoms with Gasteiger partial charge < -0.3 is 15.5 Å². The van der Waals surface area contributed by atoms with Crippen molar-refractivity contribution in [3.8, 4) is 0 Å². The normalized spacial score (nSPS) is 10.9. The zero-order valence-corrected chi connectivity index (χ0v) is 13.0. The first-order valence-electron chi connectivity index (χ1n) is 6.89. The molecule has 0 fully saturated rings. The maximum atomic E-state index is 11.6. The number of likely N-dealkylation sites (N-methyl/N-ethyl adjacent to an activating group) is 1. The van der Waals surface area contributed by atoms with E-state index in [1.807, 2.05) is 37.3 Å². The van der Waals surface area contributed by atoms with Gasteiger partial charge in [-0.2, -0.15) is 0 Å². The average Bonchev–Trinajstić information content (AvgIpc) is 2.46. The van der Waals surface area contributed by atoms with E-state index in [0.717, 1.165) is 11.1 Å². The van der Waals surface area contributed by atoms with Crippen molar-refractivity contribution in [3.05, 3.63) is 48.0 Å². The van der Waals surface area contributed by atoms with Gasteiger partial charge in [0.25, 0.3) is 0 Å². The predicted octanol–water partition coefficient (Wildman–Crippen LogP) is 1.39. The zero-order chi connectivity index (χ0) is 15.7. The van der Waals surface area contributed by atoms with E-state index in [9.17, 15) is 4.79 Å². The number of hydrogen-bond acceptors (Lipinski definition) is 2. The number of nitrogens with one attached hydrogen (secondary N) is 2. The van der Waals surface area contributed by atoms with E-state index < -0.39 is 0 Å². The summed E-state index contributed by atoms with van der Waals surface area (Å²) in [5, 5.41) is 6.19. The molecule has 1 aromatic carbocycles. The summed E-state index contributed by atoms with van der Waals surface area (Å²) < 4.78 is 0. The quantitative estimate of drug-likeness (QED) is 0.472. The molecule has 0 heterocycles. The molecular weight excluding hydrogens is 264 g/mol. The van der Waals surface area contributed by atoms with E-state index in [0.29, 0.717) is 19.0 Å². The van der Waals surface area contributed by atoms with Gasteiger partial charge in [-0.1, -0.05) is 42.5 Å². The van der Waals surface area contributed by atoms with Crippen LogP contribution >= 0.6 is 0 Å². The second-order valence-corrected chi connectivity index (χ2v) is 5.10. The Kier molecular flexibility index (Phi) is 7.01. The lowest BCUT2D eigenvalue weighted by atomic mass is 10.2. The molecule has 0 saturated heterocycles. The molecule has 0 aliphatic rings. The minimum atomic E-state index is -0.000430. The minimum Gasteiger partial charge on any atom is -0.353 e. The highest BCUT2D eigenvalue weighted by Gasteiger charge is 2.05. The number of carbonyl (C=O) groups excluding carboxylic acids is 1. The number of hydrogen-bond donors (Lipinski definition) is 2. The molecule has 0 spiro atoms. The first-order valence-corrected chi connectivity index (χ1v) is 6.89. The van der Waals surface area contributed by atoms with Gasteiger partial charge in [0.1, 0.15) is 0 Å². The van der Waals surface area contributed by atoms with Crippen LogP contribution < -0.4 is 10.6 Å². The Labute approximate surface area is 126 Å². The Bertz CT molecular complexity index is 494. The number of guanidine groups is 1. The second-order valence-electron chi connectivity index (χ2n) is 5.10. The second kappa shape index (κ2) is 8.79. The van der Waals surface area contributed by atoms with Crippen LogP contribution in [0.15, 0.2) is 47.5 Å². The number of amides is 1. The third-order valence-corrected chi connectivity index (χ3v) is 2.73. The first-order chi connectivity index (χ1) is 9.99. The van der Waals surface area contributed by atoms with Crippen LogP contribution in [-0.4, -0.2) is 44.0 Å². The van der Waals surface area contributed by atoms with Crippen molar-refractivity contribution in [1.29, 1.82) is 0 Å². The average molecular weight is 288 g/mol. The molecule has 0 aliphatic carbocycles. The molecule has 21 heavy (non-hydrogen) atoms. The van der Waals surface area contributed by atoms with Crippen LogP contribution in [-0.2, 0) is 11.3 Å². The van der Waals surface area contributed by atoms with Crippen molar-refractivity contribution in [3.63, 3.8) is 0 Å². The van der Waals surface area contributed by atoms with E-state index in [4.69, 9.17) is 0 Å². The Morgan fingerprint density at radius 3 is 2.38 bits per heavy atom. The van der Waals surface area contributed by atoms with Crippen molar-refractivity contribution < 1.29 is 4.79 Å². The van der Waals surface area contributed by atoms with Crippen LogP contribution in [0.4, 0.5) is 0 Å². The molecular formula is C16H24N4O. The van der Waals surface area contributed by atoms with Crippen LogP contribution in [0.1, 0.15) is 12.5 Å². The molecule has 5 nitrogen and oxygen atoms in total. The van der Waals surface area contributed by atoms with Crippen molar-refractivity contribution >= 4 is 11.9 Å². The summed E-state index contributed by atoms with van der Waals surface area (Å²) in [6, 6.07) is 9.97. The van der Waals surface area contributed by atoms with Crippen LogP contribution in [0, 0.1) is 0 Å². The Morgan fingerprint density at radius 1 is 1.19 bits per heavy atom. The lowest BCUT2D eigenvalue weighted by Gasteiger charge is -2.15. The molecule has 0 radical (unpaired) electrons. The highest BCUT2D eigenvalue weighted by molar-refractivity contribution is 5.86. The van der Waals surface area contributed by atoms with Gasteiger partial charge in [0.2, 0.25) is 5.91 Å². The molecule has 0 atom stereocenters. The standard InChI is InChI=1S/C16H24N4O/c1-13(2)10-17-16(19-12-15(21)20(3)4)18-11-14-8-6-5-7-9-14/h5-9H,1,10-12H2,2-4H3,(H2,17,18,19). The van der Waals surface area contributed by atoms with Crippen molar-refractivity contribution in [2.24, 2.45) is 4.99 Å². The summed E-state index contributed by atoms with van der Waals surface area (Å²) in [4.78, 5) is 17.6. The van der Waals surface area contributed by atoms with Gasteiger partial charge in [0.05, 0.1) is 13.1 Å². The van der Waals surface area contributed by atoms with Gasteiger partial charge >= 0.3 is 0 Å². The third kappa shape index (κ3) is 7.15. The molecule has 5 heteroatoms. The summed E-state index contributed by atoms with van der Waals surface area (Å²) in [5.74, 6) is 0.608. The molecule has 1 aromatic rings. The first kappa shape index (κ1) is 16.8. The third-order valence-electron chi connectivity index (χ3n) is 2.73. The van der Waals surface area contributed by atoms with E-state index >= 15 is 0 Å². The Hall–Kier alpha value is -2.30. The number of rotatable bonds is 6. The van der Waals surface area contributed by atoms with Crippen LogP contribution in [0.5, 0.6) is 0 Å². The Balaban J connectivity index is 2.62. The smallest absolute Gasteiger partial charge is 0.241 e. The lowest BCUT2D eigenvalue weighted by molar-refractivity contribution is -0.127. The molecule has 0 aliphatic heterocycles. The lowest BCUT2D eigenvalue weighted by Crippen LogP contribution is -2.43. The van der Waals surface area contributed by atoms with Crippen LogP contribution in [0.3, 0.4) is 0 Å². The summed E-state index contributed by atoms with van der Waals surface area (Å²) in [5.41, 5.74) is 2.12. The summed E-state index contributed by atoms with van der Waals surface area (Å²) >= 11 is 0. The number of carbonyl (C=O) groups is 1. The fourth-order valence-corrected chi connectivity index (χ4v) is 1.48. The largest absolute Gasteiger partial charge is 0.353 e. The van der Waals surface area contributed by atoms with Gasteiger partial charge in [-0.15, -0.1) is 0 Å². The van der Waals surface area contributed by atoms with Gasteiger partial charge in [0, 0.05) is 20.6 Å². The molecule has 0 saturated carbocycles. The molecule has 114 valence electrons. The maximum absolute atomic E-state index is 11.6. The number of aliphatic imine (C=N–C) groups is 1. The molecule has 0 unspecified atom stereocenters. The number of benzene rings is 1.